The van der Waals surface area contributed by atoms with Gasteiger partial charge in [0.25, 0.3) is 12.3 Å². The lowest BCUT2D eigenvalue weighted by molar-refractivity contribution is -0.148. The number of hydrogen-bond donors (Lipinski definition) is 2. The van der Waals surface area contributed by atoms with E-state index >= 15 is 4.39 Å². The monoisotopic (exact) mass is 684 g/mol. The van der Waals surface area contributed by atoms with Crippen LogP contribution in [0.5, 0.6) is 5.75 Å². The van der Waals surface area contributed by atoms with Gasteiger partial charge in [-0.1, -0.05) is 83.9 Å². The largest absolute Gasteiger partial charge is 0.485 e. The average Bonchev–Trinajstić information content (AvgIpc) is 3.34. The number of carbonyl (C=O) groups excluding carboxylic acids is 2. The third kappa shape index (κ3) is 6.63. The first kappa shape index (κ1) is 32.7. The molecule has 4 aromatic rings. The Morgan fingerprint density at radius 1 is 0.957 bits per heavy atom. The Balaban J connectivity index is 1.12. The van der Waals surface area contributed by atoms with Gasteiger partial charge in [-0.05, 0) is 52.9 Å². The standard InChI is InChI=1S/C35H29Cl2F3N2O5/c1-19(22-11-10-20(12-30(22)38)27-13-21(36)14-29(37)32(27)46-16-31(39)40)41-33(43)35(17-45-18-35)42-34(44)47-15-28-25-8-4-2-6-23(25)24-7-3-5-9-26(24)28/h2-14,19,28,31H,15-18H2,1H3,(H,41,43)(H,42,44)/t19-/m1/s1. The first-order valence-electron chi connectivity index (χ1n) is 14.8. The molecule has 12 heteroatoms. The normalized spacial score (nSPS) is 15.3. The molecule has 0 aromatic heterocycles. The minimum absolute atomic E-state index is 0.00446. The quantitative estimate of drug-likeness (QED) is 0.177. The molecule has 2 N–H and O–H groups in total. The van der Waals surface area contributed by atoms with Crippen LogP contribution in [-0.4, -0.2) is 50.4 Å². The molecule has 1 fully saturated rings. The van der Waals surface area contributed by atoms with Crippen LogP contribution < -0.4 is 15.4 Å². The molecule has 1 aliphatic carbocycles. The third-order valence-corrected chi connectivity index (χ3v) is 8.80. The molecule has 47 heavy (non-hydrogen) atoms. The van der Waals surface area contributed by atoms with Crippen molar-refractivity contribution < 1.29 is 37.0 Å². The van der Waals surface area contributed by atoms with Crippen LogP contribution in [0.4, 0.5) is 18.0 Å². The zero-order valence-corrected chi connectivity index (χ0v) is 26.5. The van der Waals surface area contributed by atoms with Crippen LogP contribution in [0.25, 0.3) is 22.3 Å². The van der Waals surface area contributed by atoms with Crippen molar-refractivity contribution in [3.63, 3.8) is 0 Å². The van der Waals surface area contributed by atoms with Crippen LogP contribution in [0.15, 0.2) is 78.9 Å². The Labute approximate surface area is 278 Å². The van der Waals surface area contributed by atoms with Crippen LogP contribution in [0.3, 0.4) is 0 Å². The van der Waals surface area contributed by atoms with Gasteiger partial charge in [0, 0.05) is 22.1 Å². The Kier molecular flexibility index (Phi) is 9.36. The zero-order valence-electron chi connectivity index (χ0n) is 25.0. The summed E-state index contributed by atoms with van der Waals surface area (Å²) in [7, 11) is 0. The fraction of sp³-hybridized carbons (Fsp3) is 0.257. The summed E-state index contributed by atoms with van der Waals surface area (Å²) in [6.07, 6.45) is -3.53. The lowest BCUT2D eigenvalue weighted by atomic mass is 9.94. The fourth-order valence-corrected chi connectivity index (χ4v) is 6.47. The summed E-state index contributed by atoms with van der Waals surface area (Å²) in [4.78, 5) is 26.4. The van der Waals surface area contributed by atoms with E-state index in [0.717, 1.165) is 22.3 Å². The summed E-state index contributed by atoms with van der Waals surface area (Å²) in [5.74, 6) is -1.47. The van der Waals surface area contributed by atoms with Gasteiger partial charge < -0.3 is 24.8 Å². The van der Waals surface area contributed by atoms with Crippen molar-refractivity contribution in [1.29, 1.82) is 0 Å². The molecule has 1 atom stereocenters. The third-order valence-electron chi connectivity index (χ3n) is 8.30. The first-order chi connectivity index (χ1) is 22.6. The van der Waals surface area contributed by atoms with Gasteiger partial charge in [0.1, 0.15) is 24.8 Å². The molecular weight excluding hydrogens is 656 g/mol. The molecule has 0 unspecified atom stereocenters. The van der Waals surface area contributed by atoms with Gasteiger partial charge in [0.2, 0.25) is 0 Å². The Bertz CT molecular complexity index is 1790. The molecule has 0 spiro atoms. The second-order valence-electron chi connectivity index (χ2n) is 11.4. The van der Waals surface area contributed by atoms with Crippen LogP contribution >= 0.6 is 23.2 Å². The second kappa shape index (κ2) is 13.5. The summed E-state index contributed by atoms with van der Waals surface area (Å²) >= 11 is 12.3. The highest BCUT2D eigenvalue weighted by atomic mass is 35.5. The van der Waals surface area contributed by atoms with Gasteiger partial charge in [0.15, 0.2) is 5.54 Å². The molecule has 2 aliphatic rings. The van der Waals surface area contributed by atoms with Crippen molar-refractivity contribution in [2.45, 2.75) is 30.8 Å². The van der Waals surface area contributed by atoms with E-state index < -0.39 is 42.4 Å². The maximum atomic E-state index is 15.5. The van der Waals surface area contributed by atoms with Crippen LogP contribution in [0.2, 0.25) is 10.0 Å². The highest BCUT2D eigenvalue weighted by Crippen LogP contribution is 2.44. The SMILES string of the molecule is C[C@@H](NC(=O)C1(NC(=O)OCC2c3ccccc3-c3ccccc32)COC1)c1ccc(-c2cc(Cl)cc(Cl)c2OCC(F)F)cc1F. The van der Waals surface area contributed by atoms with E-state index in [1.165, 1.54) is 30.3 Å². The van der Waals surface area contributed by atoms with Gasteiger partial charge >= 0.3 is 6.09 Å². The summed E-state index contributed by atoms with van der Waals surface area (Å²) < 4.78 is 57.2. The number of carbonyl (C=O) groups is 2. The molecule has 4 aromatic carbocycles. The van der Waals surface area contributed by atoms with E-state index in [2.05, 4.69) is 10.6 Å². The van der Waals surface area contributed by atoms with Crippen molar-refractivity contribution in [1.82, 2.24) is 10.6 Å². The molecule has 1 saturated heterocycles. The van der Waals surface area contributed by atoms with Gasteiger partial charge in [0.05, 0.1) is 24.3 Å². The molecule has 2 amide bonds. The highest BCUT2D eigenvalue weighted by molar-refractivity contribution is 6.36. The number of nitrogens with one attached hydrogen (secondary N) is 2. The molecule has 1 heterocycles. The lowest BCUT2D eigenvalue weighted by Gasteiger charge is -2.40. The van der Waals surface area contributed by atoms with E-state index in [4.69, 9.17) is 37.4 Å². The number of hydrogen-bond acceptors (Lipinski definition) is 5. The number of halogens is 5. The molecule has 0 radical (unpaired) electrons. The molecule has 6 rings (SSSR count). The van der Waals surface area contributed by atoms with Crippen molar-refractivity contribution >= 4 is 35.2 Å². The topological polar surface area (TPSA) is 85.9 Å². The van der Waals surface area contributed by atoms with Gasteiger partial charge in [-0.25, -0.2) is 18.0 Å². The number of alkyl carbamates (subject to hydrolysis) is 1. The van der Waals surface area contributed by atoms with Crippen LogP contribution in [0, 0.1) is 5.82 Å². The predicted octanol–water partition coefficient (Wildman–Crippen LogP) is 7.93. The highest BCUT2D eigenvalue weighted by Gasteiger charge is 2.48. The molecule has 244 valence electrons. The van der Waals surface area contributed by atoms with Gasteiger partial charge in [-0.3, -0.25) is 4.79 Å². The van der Waals surface area contributed by atoms with E-state index in [-0.39, 0.29) is 58.2 Å². The van der Waals surface area contributed by atoms with Crippen molar-refractivity contribution in [3.05, 3.63) is 111 Å². The van der Waals surface area contributed by atoms with Crippen molar-refractivity contribution in [3.8, 4) is 28.0 Å². The zero-order chi connectivity index (χ0) is 33.3. The molecule has 0 bridgehead atoms. The van der Waals surface area contributed by atoms with Crippen molar-refractivity contribution in [2.24, 2.45) is 0 Å². The number of rotatable bonds is 10. The summed E-state index contributed by atoms with van der Waals surface area (Å²) in [6.45, 7) is 0.568. The summed E-state index contributed by atoms with van der Waals surface area (Å²) in [6, 6.07) is 22.0. The summed E-state index contributed by atoms with van der Waals surface area (Å²) in [5.41, 5.74) is 3.53. The lowest BCUT2D eigenvalue weighted by Crippen LogP contribution is -2.70. The molecular formula is C35H29Cl2F3N2O5. The predicted molar refractivity (Wildman–Crippen MR) is 172 cm³/mol. The smallest absolute Gasteiger partial charge is 0.408 e. The number of alkyl halides is 2. The van der Waals surface area contributed by atoms with E-state index in [0.29, 0.717) is 0 Å². The number of amides is 2. The molecule has 1 aliphatic heterocycles. The fourth-order valence-electron chi connectivity index (χ4n) is 5.92. The maximum Gasteiger partial charge on any atom is 0.408 e. The van der Waals surface area contributed by atoms with Gasteiger partial charge in [-0.2, -0.15) is 0 Å². The minimum Gasteiger partial charge on any atom is -0.485 e. The maximum absolute atomic E-state index is 15.5. The first-order valence-corrected chi connectivity index (χ1v) is 15.5. The van der Waals surface area contributed by atoms with Crippen LogP contribution in [-0.2, 0) is 14.3 Å². The second-order valence-corrected chi connectivity index (χ2v) is 12.3. The minimum atomic E-state index is -2.75. The number of benzene rings is 4. The molecule has 0 saturated carbocycles. The van der Waals surface area contributed by atoms with Crippen molar-refractivity contribution in [2.75, 3.05) is 26.4 Å². The van der Waals surface area contributed by atoms with E-state index in [1.54, 1.807) is 6.92 Å². The van der Waals surface area contributed by atoms with E-state index in [1.807, 2.05) is 48.5 Å². The average molecular weight is 686 g/mol. The van der Waals surface area contributed by atoms with Crippen LogP contribution in [0.1, 0.15) is 35.6 Å². The number of ether oxygens (including phenoxy) is 3. The summed E-state index contributed by atoms with van der Waals surface area (Å²) in [5, 5.41) is 5.61. The van der Waals surface area contributed by atoms with E-state index in [9.17, 15) is 18.4 Å². The molecule has 7 nitrogen and oxygen atoms in total. The Hall–Kier alpha value is -4.25. The number of fused-ring (bicyclic) bond motifs is 3. The van der Waals surface area contributed by atoms with Gasteiger partial charge in [-0.15, -0.1) is 0 Å². The Morgan fingerprint density at radius 2 is 1.62 bits per heavy atom. The Morgan fingerprint density at radius 3 is 2.21 bits per heavy atom.